The van der Waals surface area contributed by atoms with E-state index < -0.39 is 0 Å². The van der Waals surface area contributed by atoms with Crippen molar-refractivity contribution in [2.45, 2.75) is 32.6 Å². The number of hydrogen-bond donors (Lipinski definition) is 1. The normalized spacial score (nSPS) is 10.7. The standard InChI is InChI=1S/C9H16O2/c1-9(11)7-5-3-2-4-6-8-10/h4,6,10H,2-3,5,7-8H2,1H3. The van der Waals surface area contributed by atoms with Gasteiger partial charge in [0.15, 0.2) is 0 Å². The minimum absolute atomic E-state index is 0.118. The first-order valence-electron chi connectivity index (χ1n) is 4.02. The molecule has 0 aromatic carbocycles. The average Bonchev–Trinajstić information content (AvgIpc) is 1.96. The van der Waals surface area contributed by atoms with Crippen LogP contribution in [0.15, 0.2) is 12.2 Å². The molecule has 0 fully saturated rings. The van der Waals surface area contributed by atoms with Gasteiger partial charge in [-0.15, -0.1) is 0 Å². The summed E-state index contributed by atoms with van der Waals surface area (Å²) in [6, 6.07) is 0. The van der Waals surface area contributed by atoms with Crippen molar-refractivity contribution in [3.8, 4) is 0 Å². The highest BCUT2D eigenvalue weighted by molar-refractivity contribution is 5.75. The fourth-order valence-electron chi connectivity index (χ4n) is 0.829. The van der Waals surface area contributed by atoms with E-state index in [4.69, 9.17) is 5.11 Å². The molecule has 0 saturated heterocycles. The van der Waals surface area contributed by atoms with E-state index in [2.05, 4.69) is 0 Å². The molecular formula is C9H16O2. The third-order valence-corrected chi connectivity index (χ3v) is 1.42. The first-order valence-corrected chi connectivity index (χ1v) is 4.02. The van der Waals surface area contributed by atoms with Crippen LogP contribution in [-0.4, -0.2) is 17.5 Å². The second kappa shape index (κ2) is 7.48. The van der Waals surface area contributed by atoms with E-state index in [1.54, 1.807) is 13.0 Å². The molecule has 2 heteroatoms. The lowest BCUT2D eigenvalue weighted by Gasteiger charge is -1.92. The topological polar surface area (TPSA) is 37.3 Å². The molecular weight excluding hydrogens is 140 g/mol. The number of carbonyl (C=O) groups excluding carboxylic acids is 1. The van der Waals surface area contributed by atoms with Gasteiger partial charge in [0, 0.05) is 6.42 Å². The number of allylic oxidation sites excluding steroid dienone is 1. The van der Waals surface area contributed by atoms with Crippen molar-refractivity contribution < 1.29 is 9.90 Å². The zero-order valence-corrected chi connectivity index (χ0v) is 7.05. The summed E-state index contributed by atoms with van der Waals surface area (Å²) in [6.07, 6.45) is 7.33. The third kappa shape index (κ3) is 9.37. The van der Waals surface area contributed by atoms with Gasteiger partial charge in [-0.25, -0.2) is 0 Å². The van der Waals surface area contributed by atoms with Gasteiger partial charge in [0.25, 0.3) is 0 Å². The molecule has 2 nitrogen and oxygen atoms in total. The van der Waals surface area contributed by atoms with Crippen molar-refractivity contribution in [3.05, 3.63) is 12.2 Å². The van der Waals surface area contributed by atoms with Crippen LogP contribution >= 0.6 is 0 Å². The van der Waals surface area contributed by atoms with Crippen LogP contribution in [0.4, 0.5) is 0 Å². The summed E-state index contributed by atoms with van der Waals surface area (Å²) in [6.45, 7) is 1.73. The largest absolute Gasteiger partial charge is 0.392 e. The first-order chi connectivity index (χ1) is 5.27. The van der Waals surface area contributed by atoms with Crippen LogP contribution in [-0.2, 0) is 4.79 Å². The van der Waals surface area contributed by atoms with E-state index in [0.717, 1.165) is 19.3 Å². The van der Waals surface area contributed by atoms with Crippen LogP contribution in [0, 0.1) is 0 Å². The van der Waals surface area contributed by atoms with E-state index in [1.165, 1.54) is 0 Å². The summed E-state index contributed by atoms with van der Waals surface area (Å²) >= 11 is 0. The Morgan fingerprint density at radius 3 is 2.64 bits per heavy atom. The first kappa shape index (κ1) is 10.4. The van der Waals surface area contributed by atoms with Crippen LogP contribution in [0.3, 0.4) is 0 Å². The van der Waals surface area contributed by atoms with Crippen molar-refractivity contribution in [1.29, 1.82) is 0 Å². The molecule has 0 amide bonds. The number of rotatable bonds is 6. The Bertz CT molecular complexity index is 128. The Labute approximate surface area is 67.9 Å². The molecule has 0 aromatic heterocycles. The molecule has 0 atom stereocenters. The quantitative estimate of drug-likeness (QED) is 0.469. The third-order valence-electron chi connectivity index (χ3n) is 1.42. The SMILES string of the molecule is CC(=O)CCCCC=CCO. The highest BCUT2D eigenvalue weighted by Gasteiger charge is 1.90. The summed E-state index contributed by atoms with van der Waals surface area (Å²) < 4.78 is 0. The van der Waals surface area contributed by atoms with Crippen molar-refractivity contribution >= 4 is 5.78 Å². The van der Waals surface area contributed by atoms with Gasteiger partial charge in [0.1, 0.15) is 5.78 Å². The van der Waals surface area contributed by atoms with Gasteiger partial charge in [-0.3, -0.25) is 0 Å². The molecule has 0 aromatic rings. The predicted octanol–water partition coefficient (Wildman–Crippen LogP) is 1.68. The molecule has 0 heterocycles. The highest BCUT2D eigenvalue weighted by Crippen LogP contribution is 2.00. The molecule has 0 aliphatic heterocycles. The summed E-state index contributed by atoms with van der Waals surface area (Å²) in [5, 5.41) is 8.37. The zero-order valence-electron chi connectivity index (χ0n) is 7.05. The molecule has 11 heavy (non-hydrogen) atoms. The fraction of sp³-hybridized carbons (Fsp3) is 0.667. The van der Waals surface area contributed by atoms with E-state index >= 15 is 0 Å². The van der Waals surface area contributed by atoms with Gasteiger partial charge in [-0.2, -0.15) is 0 Å². The van der Waals surface area contributed by atoms with Gasteiger partial charge in [-0.05, 0) is 26.2 Å². The number of hydrogen-bond acceptors (Lipinski definition) is 2. The minimum atomic E-state index is 0.118. The average molecular weight is 156 g/mol. The monoisotopic (exact) mass is 156 g/mol. The molecule has 64 valence electrons. The Morgan fingerprint density at radius 1 is 1.36 bits per heavy atom. The van der Waals surface area contributed by atoms with Gasteiger partial charge in [0.05, 0.1) is 6.61 Å². The Kier molecular flexibility index (Phi) is 7.05. The second-order valence-corrected chi connectivity index (χ2v) is 2.60. The lowest BCUT2D eigenvalue weighted by Crippen LogP contribution is -1.88. The molecule has 1 N–H and O–H groups in total. The van der Waals surface area contributed by atoms with Crippen LogP contribution < -0.4 is 0 Å². The van der Waals surface area contributed by atoms with Crippen LogP contribution in [0.1, 0.15) is 32.6 Å². The Hall–Kier alpha value is -0.630. The van der Waals surface area contributed by atoms with Crippen molar-refractivity contribution in [3.63, 3.8) is 0 Å². The summed E-state index contributed by atoms with van der Waals surface area (Å²) in [7, 11) is 0. The van der Waals surface area contributed by atoms with Crippen LogP contribution in [0.2, 0.25) is 0 Å². The molecule has 0 aliphatic rings. The maximum atomic E-state index is 10.5. The smallest absolute Gasteiger partial charge is 0.129 e. The van der Waals surface area contributed by atoms with Gasteiger partial charge >= 0.3 is 0 Å². The van der Waals surface area contributed by atoms with Gasteiger partial charge in [-0.1, -0.05) is 12.2 Å². The molecule has 0 spiro atoms. The number of Topliss-reactive ketones (excluding diaryl/α,β-unsaturated/α-hetero) is 1. The van der Waals surface area contributed by atoms with E-state index in [0.29, 0.717) is 6.42 Å². The van der Waals surface area contributed by atoms with Gasteiger partial charge < -0.3 is 9.90 Å². The molecule has 0 unspecified atom stereocenters. The molecule has 0 radical (unpaired) electrons. The van der Waals surface area contributed by atoms with Crippen molar-refractivity contribution in [2.24, 2.45) is 0 Å². The highest BCUT2D eigenvalue weighted by atomic mass is 16.2. The summed E-state index contributed by atoms with van der Waals surface area (Å²) in [4.78, 5) is 10.5. The molecule has 0 bridgehead atoms. The zero-order chi connectivity index (χ0) is 8.53. The maximum Gasteiger partial charge on any atom is 0.129 e. The van der Waals surface area contributed by atoms with E-state index in [-0.39, 0.29) is 12.4 Å². The molecule has 0 saturated carbocycles. The minimum Gasteiger partial charge on any atom is -0.392 e. The van der Waals surface area contributed by atoms with Crippen molar-refractivity contribution in [1.82, 2.24) is 0 Å². The number of carbonyl (C=O) groups is 1. The number of aliphatic hydroxyl groups excluding tert-OH is 1. The lowest BCUT2D eigenvalue weighted by atomic mass is 10.1. The summed E-state index contributed by atoms with van der Waals surface area (Å²) in [5.74, 6) is 0.260. The van der Waals surface area contributed by atoms with Crippen molar-refractivity contribution in [2.75, 3.05) is 6.61 Å². The number of aliphatic hydroxyl groups is 1. The van der Waals surface area contributed by atoms with Crippen LogP contribution in [0.25, 0.3) is 0 Å². The predicted molar refractivity (Wildman–Crippen MR) is 45.4 cm³/mol. The van der Waals surface area contributed by atoms with E-state index in [1.807, 2.05) is 6.08 Å². The number of unbranched alkanes of at least 4 members (excludes halogenated alkanes) is 2. The molecule has 0 aliphatic carbocycles. The summed E-state index contributed by atoms with van der Waals surface area (Å²) in [5.41, 5.74) is 0. The Morgan fingerprint density at radius 2 is 2.09 bits per heavy atom. The lowest BCUT2D eigenvalue weighted by molar-refractivity contribution is -0.117. The molecule has 0 rings (SSSR count). The fourth-order valence-corrected chi connectivity index (χ4v) is 0.829. The van der Waals surface area contributed by atoms with Gasteiger partial charge in [0.2, 0.25) is 0 Å². The second-order valence-electron chi connectivity index (χ2n) is 2.60. The Balaban J connectivity index is 3.02. The van der Waals surface area contributed by atoms with Crippen LogP contribution in [0.5, 0.6) is 0 Å². The maximum absolute atomic E-state index is 10.5. The van der Waals surface area contributed by atoms with E-state index in [9.17, 15) is 4.79 Å². The number of ketones is 1.